The Hall–Kier alpha value is -0.980. The van der Waals surface area contributed by atoms with E-state index in [9.17, 15) is 17.2 Å². The summed E-state index contributed by atoms with van der Waals surface area (Å²) in [5.41, 5.74) is 0. The van der Waals surface area contributed by atoms with Crippen LogP contribution in [0.15, 0.2) is 34.7 Å². The second-order valence-corrected chi connectivity index (χ2v) is 5.22. The normalized spacial score (nSPS) is 11.4. The zero-order chi connectivity index (χ0) is 12.3. The van der Waals surface area contributed by atoms with Crippen LogP contribution < -0.4 is 4.72 Å². The topological polar surface area (TPSA) is 46.2 Å². The number of sulfonamides is 1. The number of halogens is 3. The van der Waals surface area contributed by atoms with Gasteiger partial charge in [0, 0.05) is 11.6 Å². The molecule has 0 aromatic heterocycles. The molecule has 3 nitrogen and oxygen atoms in total. The number of benzene rings is 1. The molecule has 1 N–H and O–H groups in total. The van der Waals surface area contributed by atoms with Crippen molar-refractivity contribution in [2.45, 2.75) is 4.90 Å². The quantitative estimate of drug-likeness (QED) is 0.907. The van der Waals surface area contributed by atoms with Crippen LogP contribution in [0.25, 0.3) is 0 Å². The van der Waals surface area contributed by atoms with E-state index in [1.54, 1.807) is 0 Å². The number of nitrogens with one attached hydrogen (secondary N) is 1. The fraction of sp³-hybridized carbons (Fsp3) is 0.111. The van der Waals surface area contributed by atoms with Gasteiger partial charge in [0.15, 0.2) is 11.6 Å². The molecule has 7 heteroatoms. The highest BCUT2D eigenvalue weighted by atomic mass is 35.5. The maximum Gasteiger partial charge on any atom is 0.241 e. The monoisotopic (exact) mass is 267 g/mol. The van der Waals surface area contributed by atoms with Gasteiger partial charge in [-0.3, -0.25) is 0 Å². The lowest BCUT2D eigenvalue weighted by Crippen LogP contribution is -2.25. The summed E-state index contributed by atoms with van der Waals surface area (Å²) < 4.78 is 50.4. The van der Waals surface area contributed by atoms with Crippen molar-refractivity contribution in [3.8, 4) is 0 Å². The molecule has 0 bridgehead atoms. The highest BCUT2D eigenvalue weighted by Crippen LogP contribution is 2.13. The van der Waals surface area contributed by atoms with E-state index in [4.69, 9.17) is 11.6 Å². The van der Waals surface area contributed by atoms with Gasteiger partial charge in [0.1, 0.15) is 0 Å². The van der Waals surface area contributed by atoms with Gasteiger partial charge in [0.2, 0.25) is 10.0 Å². The molecule has 16 heavy (non-hydrogen) atoms. The molecular weight excluding hydrogens is 260 g/mol. The van der Waals surface area contributed by atoms with Crippen molar-refractivity contribution < 1.29 is 17.2 Å². The Morgan fingerprint density at radius 1 is 1.38 bits per heavy atom. The molecule has 1 rings (SSSR count). The Morgan fingerprint density at radius 3 is 2.50 bits per heavy atom. The lowest BCUT2D eigenvalue weighted by atomic mass is 10.3. The van der Waals surface area contributed by atoms with Crippen LogP contribution in [-0.4, -0.2) is 15.0 Å². The van der Waals surface area contributed by atoms with Crippen LogP contribution in [0, 0.1) is 11.6 Å². The second kappa shape index (κ2) is 4.90. The molecule has 0 amide bonds. The third-order valence-electron chi connectivity index (χ3n) is 1.66. The van der Waals surface area contributed by atoms with Crippen LogP contribution in [-0.2, 0) is 10.0 Å². The lowest BCUT2D eigenvalue weighted by Gasteiger charge is -2.05. The van der Waals surface area contributed by atoms with Gasteiger partial charge >= 0.3 is 0 Å². The summed E-state index contributed by atoms with van der Waals surface area (Å²) in [6.07, 6.45) is 0. The van der Waals surface area contributed by atoms with E-state index in [1.165, 1.54) is 0 Å². The second-order valence-electron chi connectivity index (χ2n) is 2.92. The van der Waals surface area contributed by atoms with Crippen molar-refractivity contribution in [1.82, 2.24) is 4.72 Å². The maximum atomic E-state index is 12.8. The first kappa shape index (κ1) is 13.1. The fourth-order valence-electron chi connectivity index (χ4n) is 0.901. The molecule has 0 spiro atoms. The molecule has 0 saturated carbocycles. The summed E-state index contributed by atoms with van der Waals surface area (Å²) in [6, 6.07) is 2.28. The molecule has 0 heterocycles. The van der Waals surface area contributed by atoms with Gasteiger partial charge in [-0.25, -0.2) is 21.9 Å². The van der Waals surface area contributed by atoms with E-state index in [-0.39, 0.29) is 16.5 Å². The molecule has 0 fully saturated rings. The van der Waals surface area contributed by atoms with Crippen LogP contribution in [0.4, 0.5) is 8.78 Å². The SMILES string of the molecule is C=C(Cl)CNS(=O)(=O)c1ccc(F)c(F)c1. The van der Waals surface area contributed by atoms with E-state index in [0.717, 1.165) is 12.1 Å². The minimum atomic E-state index is -3.90. The van der Waals surface area contributed by atoms with Crippen molar-refractivity contribution >= 4 is 21.6 Å². The van der Waals surface area contributed by atoms with Crippen LogP contribution in [0.1, 0.15) is 0 Å². The summed E-state index contributed by atoms with van der Waals surface area (Å²) >= 11 is 5.37. The first-order chi connectivity index (χ1) is 7.33. The van der Waals surface area contributed by atoms with Gasteiger partial charge in [0.25, 0.3) is 0 Å². The first-order valence-corrected chi connectivity index (χ1v) is 5.97. The molecule has 88 valence electrons. The van der Waals surface area contributed by atoms with Gasteiger partial charge in [-0.15, -0.1) is 0 Å². The Kier molecular flexibility index (Phi) is 4.01. The molecular formula is C9H8ClF2NO2S. The van der Waals surface area contributed by atoms with Gasteiger partial charge in [-0.05, 0) is 18.2 Å². The third-order valence-corrected chi connectivity index (χ3v) is 3.19. The summed E-state index contributed by atoms with van der Waals surface area (Å²) in [6.45, 7) is 3.11. The largest absolute Gasteiger partial charge is 0.241 e. The van der Waals surface area contributed by atoms with Crippen molar-refractivity contribution in [3.63, 3.8) is 0 Å². The molecule has 0 aliphatic heterocycles. The molecule has 0 aliphatic rings. The fourth-order valence-corrected chi connectivity index (χ4v) is 2.08. The first-order valence-electron chi connectivity index (χ1n) is 4.11. The summed E-state index contributed by atoms with van der Waals surface area (Å²) in [7, 11) is -3.90. The minimum Gasteiger partial charge on any atom is -0.207 e. The van der Waals surface area contributed by atoms with Gasteiger partial charge in [0.05, 0.1) is 4.90 Å². The summed E-state index contributed by atoms with van der Waals surface area (Å²) in [5.74, 6) is -2.34. The van der Waals surface area contributed by atoms with Crippen molar-refractivity contribution in [2.24, 2.45) is 0 Å². The number of hydrogen-bond donors (Lipinski definition) is 1. The van der Waals surface area contributed by atoms with E-state index in [0.29, 0.717) is 6.07 Å². The van der Waals surface area contributed by atoms with E-state index in [2.05, 4.69) is 11.3 Å². The van der Waals surface area contributed by atoms with Crippen molar-refractivity contribution in [3.05, 3.63) is 41.4 Å². The van der Waals surface area contributed by atoms with Crippen LogP contribution in [0.5, 0.6) is 0 Å². The predicted octanol–water partition coefficient (Wildman–Crippen LogP) is 2.00. The van der Waals surface area contributed by atoms with Crippen LogP contribution in [0.3, 0.4) is 0 Å². The average Bonchev–Trinajstić information content (AvgIpc) is 2.19. The average molecular weight is 268 g/mol. The highest BCUT2D eigenvalue weighted by Gasteiger charge is 2.15. The number of rotatable bonds is 4. The predicted molar refractivity (Wildman–Crippen MR) is 56.5 cm³/mol. The third kappa shape index (κ3) is 3.26. The van der Waals surface area contributed by atoms with Gasteiger partial charge in [-0.1, -0.05) is 18.2 Å². The molecule has 0 saturated heterocycles. The van der Waals surface area contributed by atoms with Crippen molar-refractivity contribution in [2.75, 3.05) is 6.54 Å². The maximum absolute atomic E-state index is 12.8. The molecule has 1 aromatic carbocycles. The Bertz CT molecular complexity index is 516. The smallest absolute Gasteiger partial charge is 0.207 e. The van der Waals surface area contributed by atoms with E-state index in [1.807, 2.05) is 0 Å². The Morgan fingerprint density at radius 2 is 2.00 bits per heavy atom. The zero-order valence-electron chi connectivity index (χ0n) is 8.00. The molecule has 1 aromatic rings. The summed E-state index contributed by atoms with van der Waals surface area (Å²) in [4.78, 5) is -0.371. The standard InChI is InChI=1S/C9H8ClF2NO2S/c1-6(10)5-13-16(14,15)7-2-3-8(11)9(12)4-7/h2-4,13H,1,5H2. The Balaban J connectivity index is 2.99. The summed E-state index contributed by atoms with van der Waals surface area (Å²) in [5, 5.41) is 0.0890. The molecule has 0 unspecified atom stereocenters. The number of hydrogen-bond acceptors (Lipinski definition) is 2. The van der Waals surface area contributed by atoms with E-state index >= 15 is 0 Å². The van der Waals surface area contributed by atoms with Gasteiger partial charge < -0.3 is 0 Å². The van der Waals surface area contributed by atoms with Crippen LogP contribution >= 0.6 is 11.6 Å². The van der Waals surface area contributed by atoms with Crippen LogP contribution in [0.2, 0.25) is 0 Å². The molecule has 0 aliphatic carbocycles. The zero-order valence-corrected chi connectivity index (χ0v) is 9.58. The van der Waals surface area contributed by atoms with E-state index < -0.39 is 21.7 Å². The lowest BCUT2D eigenvalue weighted by molar-refractivity contribution is 0.504. The molecule has 0 radical (unpaired) electrons. The minimum absolute atomic E-state index is 0.0890. The Labute approximate surface area is 96.8 Å². The van der Waals surface area contributed by atoms with Crippen molar-refractivity contribution in [1.29, 1.82) is 0 Å². The molecule has 0 atom stereocenters. The highest BCUT2D eigenvalue weighted by molar-refractivity contribution is 7.89. The van der Waals surface area contributed by atoms with Gasteiger partial charge in [-0.2, -0.15) is 0 Å².